The van der Waals surface area contributed by atoms with Gasteiger partial charge in [0, 0.05) is 24.6 Å². The van der Waals surface area contributed by atoms with Gasteiger partial charge >= 0.3 is 0 Å². The molecule has 0 aliphatic heterocycles. The van der Waals surface area contributed by atoms with Gasteiger partial charge in [0.25, 0.3) is 10.0 Å². The molecule has 0 saturated carbocycles. The highest BCUT2D eigenvalue weighted by Gasteiger charge is 2.35. The lowest BCUT2D eigenvalue weighted by molar-refractivity contribution is -0.140. The number of para-hydroxylation sites is 1. The van der Waals surface area contributed by atoms with Gasteiger partial charge in [-0.15, -0.1) is 0 Å². The van der Waals surface area contributed by atoms with Gasteiger partial charge in [-0.2, -0.15) is 0 Å². The summed E-state index contributed by atoms with van der Waals surface area (Å²) in [7, 11) is -4.23. The highest BCUT2D eigenvalue weighted by atomic mass is 32.2. The van der Waals surface area contributed by atoms with Crippen molar-refractivity contribution in [3.63, 3.8) is 0 Å². The molecule has 0 spiro atoms. The Morgan fingerprint density at radius 3 is 2.07 bits per heavy atom. The molecular weight excluding hydrogens is 601 g/mol. The van der Waals surface area contributed by atoms with Crippen LogP contribution in [-0.4, -0.2) is 43.8 Å². The van der Waals surface area contributed by atoms with Crippen molar-refractivity contribution in [2.75, 3.05) is 10.8 Å². The number of rotatable bonds is 14. The SMILES string of the molecule is CCc1ccccc1N(CC(=O)N(Cc1ccccc1F)[C@H](Cc1ccccc1)C(=O)N[C@@H](C)CC)S(=O)(=O)c1ccc(C)cc1. The van der Waals surface area contributed by atoms with Gasteiger partial charge in [0.2, 0.25) is 11.8 Å². The summed E-state index contributed by atoms with van der Waals surface area (Å²) in [6.07, 6.45) is 1.35. The molecule has 9 heteroatoms. The van der Waals surface area contributed by atoms with Crippen LogP contribution in [0.3, 0.4) is 0 Å². The average Bonchev–Trinajstić information content (AvgIpc) is 3.06. The molecule has 4 aromatic rings. The topological polar surface area (TPSA) is 86.8 Å². The maximum atomic E-state index is 15.1. The summed E-state index contributed by atoms with van der Waals surface area (Å²) in [6, 6.07) is 27.6. The first-order chi connectivity index (χ1) is 22.0. The molecule has 4 aromatic carbocycles. The fraction of sp³-hybridized carbons (Fsp3) is 0.297. The fourth-order valence-corrected chi connectivity index (χ4v) is 6.66. The Kier molecular flexibility index (Phi) is 11.7. The number of sulfonamides is 1. The van der Waals surface area contributed by atoms with Crippen LogP contribution in [0, 0.1) is 12.7 Å². The lowest BCUT2D eigenvalue weighted by Crippen LogP contribution is -2.54. The van der Waals surface area contributed by atoms with E-state index in [-0.39, 0.29) is 29.5 Å². The predicted octanol–water partition coefficient (Wildman–Crippen LogP) is 6.45. The van der Waals surface area contributed by atoms with E-state index in [1.807, 2.05) is 70.2 Å². The molecule has 0 aliphatic rings. The number of amides is 2. The Morgan fingerprint density at radius 2 is 1.43 bits per heavy atom. The van der Waals surface area contributed by atoms with Crippen LogP contribution in [0.15, 0.2) is 108 Å². The zero-order valence-electron chi connectivity index (χ0n) is 26.8. The highest BCUT2D eigenvalue weighted by molar-refractivity contribution is 7.92. The largest absolute Gasteiger partial charge is 0.352 e. The lowest BCUT2D eigenvalue weighted by atomic mass is 10.0. The molecule has 0 aliphatic carbocycles. The van der Waals surface area contributed by atoms with Crippen LogP contribution >= 0.6 is 0 Å². The molecule has 1 N–H and O–H groups in total. The number of hydrogen-bond donors (Lipinski definition) is 1. The smallest absolute Gasteiger partial charge is 0.264 e. The van der Waals surface area contributed by atoms with Gasteiger partial charge in [0.1, 0.15) is 18.4 Å². The third-order valence-electron chi connectivity index (χ3n) is 8.10. The van der Waals surface area contributed by atoms with Gasteiger partial charge in [0.05, 0.1) is 10.6 Å². The quantitative estimate of drug-likeness (QED) is 0.171. The minimum Gasteiger partial charge on any atom is -0.352 e. The van der Waals surface area contributed by atoms with E-state index in [1.54, 1.807) is 42.5 Å². The summed E-state index contributed by atoms with van der Waals surface area (Å²) in [5.41, 5.74) is 3.02. The molecule has 0 aromatic heterocycles. The molecule has 0 saturated heterocycles. The van der Waals surface area contributed by atoms with Crippen LogP contribution in [0.4, 0.5) is 10.1 Å². The summed E-state index contributed by atoms with van der Waals surface area (Å²) < 4.78 is 44.8. The van der Waals surface area contributed by atoms with Crippen LogP contribution in [0.5, 0.6) is 0 Å². The molecule has 2 atom stereocenters. The number of anilines is 1. The van der Waals surface area contributed by atoms with E-state index in [0.29, 0.717) is 18.5 Å². The lowest BCUT2D eigenvalue weighted by Gasteiger charge is -2.34. The summed E-state index contributed by atoms with van der Waals surface area (Å²) in [5, 5.41) is 2.99. The standard InChI is InChI=1S/C37H42FN3O4S/c1-5-28(4)39-37(43)35(24-29-14-8-7-9-15-29)40(25-31-17-10-12-18-33(31)38)36(42)26-41(34-19-13-11-16-30(34)6-2)46(44,45)32-22-20-27(3)21-23-32/h7-23,28,35H,5-6,24-26H2,1-4H3,(H,39,43)/t28-,35+/m0/s1. The summed E-state index contributed by atoms with van der Waals surface area (Å²) in [4.78, 5) is 29.8. The summed E-state index contributed by atoms with van der Waals surface area (Å²) in [6.45, 7) is 6.77. The zero-order chi connectivity index (χ0) is 33.3. The monoisotopic (exact) mass is 643 g/mol. The third-order valence-corrected chi connectivity index (χ3v) is 9.87. The van der Waals surface area contributed by atoms with Gasteiger partial charge in [0.15, 0.2) is 0 Å². The second-order valence-corrected chi connectivity index (χ2v) is 13.3. The van der Waals surface area contributed by atoms with E-state index in [0.717, 1.165) is 21.0 Å². The molecule has 7 nitrogen and oxygen atoms in total. The minimum absolute atomic E-state index is 0.0350. The molecule has 46 heavy (non-hydrogen) atoms. The van der Waals surface area contributed by atoms with Crippen molar-refractivity contribution in [1.82, 2.24) is 10.2 Å². The van der Waals surface area contributed by atoms with Crippen LogP contribution < -0.4 is 9.62 Å². The number of carbonyl (C=O) groups is 2. The molecule has 2 amide bonds. The van der Waals surface area contributed by atoms with Crippen molar-refractivity contribution in [2.45, 2.75) is 70.5 Å². The van der Waals surface area contributed by atoms with Gasteiger partial charge in [-0.05, 0) is 62.1 Å². The second kappa shape index (κ2) is 15.7. The number of carbonyl (C=O) groups excluding carboxylic acids is 2. The highest BCUT2D eigenvalue weighted by Crippen LogP contribution is 2.29. The van der Waals surface area contributed by atoms with Crippen molar-refractivity contribution < 1.29 is 22.4 Å². The molecular formula is C37H42FN3O4S. The van der Waals surface area contributed by atoms with Gasteiger partial charge in [-0.3, -0.25) is 13.9 Å². The van der Waals surface area contributed by atoms with Crippen LogP contribution in [-0.2, 0) is 39.0 Å². The molecule has 0 radical (unpaired) electrons. The number of hydrogen-bond acceptors (Lipinski definition) is 4. The van der Waals surface area contributed by atoms with Crippen molar-refractivity contribution in [3.8, 4) is 0 Å². The van der Waals surface area contributed by atoms with Crippen LogP contribution in [0.2, 0.25) is 0 Å². The van der Waals surface area contributed by atoms with Gasteiger partial charge < -0.3 is 10.2 Å². The third kappa shape index (κ3) is 8.40. The number of nitrogens with zero attached hydrogens (tertiary/aromatic N) is 2. The molecule has 0 unspecified atom stereocenters. The molecule has 0 bridgehead atoms. The van der Waals surface area contributed by atoms with Crippen molar-refractivity contribution in [3.05, 3.63) is 131 Å². The minimum atomic E-state index is -4.23. The average molecular weight is 644 g/mol. The van der Waals surface area contributed by atoms with Crippen LogP contribution in [0.25, 0.3) is 0 Å². The number of aryl methyl sites for hydroxylation is 2. The Balaban J connectivity index is 1.84. The van der Waals surface area contributed by atoms with Crippen molar-refractivity contribution in [2.24, 2.45) is 0 Å². The van der Waals surface area contributed by atoms with E-state index in [9.17, 15) is 18.0 Å². The van der Waals surface area contributed by atoms with E-state index >= 15 is 4.39 Å². The summed E-state index contributed by atoms with van der Waals surface area (Å²) >= 11 is 0. The Labute approximate surface area is 272 Å². The van der Waals surface area contributed by atoms with Gasteiger partial charge in [-0.1, -0.05) is 98.3 Å². The normalized spacial score (nSPS) is 12.6. The van der Waals surface area contributed by atoms with Crippen molar-refractivity contribution >= 4 is 27.5 Å². The molecule has 242 valence electrons. The first kappa shape index (κ1) is 34.4. The Bertz CT molecular complexity index is 1730. The van der Waals surface area contributed by atoms with E-state index in [2.05, 4.69) is 5.32 Å². The van der Waals surface area contributed by atoms with E-state index in [4.69, 9.17) is 0 Å². The van der Waals surface area contributed by atoms with Crippen LogP contribution in [0.1, 0.15) is 49.4 Å². The predicted molar refractivity (Wildman–Crippen MR) is 180 cm³/mol. The first-order valence-electron chi connectivity index (χ1n) is 15.6. The Hall–Kier alpha value is -4.50. The maximum absolute atomic E-state index is 15.1. The van der Waals surface area contributed by atoms with E-state index < -0.39 is 40.2 Å². The number of nitrogens with one attached hydrogen (secondary N) is 1. The second-order valence-electron chi connectivity index (χ2n) is 11.4. The fourth-order valence-electron chi connectivity index (χ4n) is 5.21. The molecule has 0 fully saturated rings. The molecule has 0 heterocycles. The number of benzene rings is 4. The van der Waals surface area contributed by atoms with Crippen molar-refractivity contribution in [1.29, 1.82) is 0 Å². The number of halogens is 1. The zero-order valence-corrected chi connectivity index (χ0v) is 27.6. The first-order valence-corrected chi connectivity index (χ1v) is 17.0. The van der Waals surface area contributed by atoms with Gasteiger partial charge in [-0.25, -0.2) is 12.8 Å². The molecule has 4 rings (SSSR count). The maximum Gasteiger partial charge on any atom is 0.264 e. The van der Waals surface area contributed by atoms with E-state index in [1.165, 1.54) is 23.1 Å². The Morgan fingerprint density at radius 1 is 0.826 bits per heavy atom. The summed E-state index contributed by atoms with van der Waals surface area (Å²) in [5.74, 6) is -1.56.